The molecule has 0 atom stereocenters. The van der Waals surface area contributed by atoms with Crippen LogP contribution in [0, 0.1) is 0 Å². The van der Waals surface area contributed by atoms with Crippen LogP contribution in [0.5, 0.6) is 17.4 Å². The monoisotopic (exact) mass is 451 g/mol. The molecule has 8 heteroatoms. The number of fused-ring (bicyclic) bond motifs is 1. The second-order valence-corrected chi connectivity index (χ2v) is 7.81. The summed E-state index contributed by atoms with van der Waals surface area (Å²) >= 11 is 0. The summed E-state index contributed by atoms with van der Waals surface area (Å²) in [5.74, 6) is 0.840. The van der Waals surface area contributed by atoms with Gasteiger partial charge in [-0.25, -0.2) is 4.57 Å². The van der Waals surface area contributed by atoms with Crippen LogP contribution in [0.1, 0.15) is 12.0 Å². The number of pyridine rings is 1. The molecule has 8 nitrogen and oxygen atoms in total. The molecule has 4 rings (SSSR count). The smallest absolute Gasteiger partial charge is 0.265 e. The Labute approximate surface area is 192 Å². The number of aromatic nitrogens is 1. The molecule has 0 aliphatic carbocycles. The van der Waals surface area contributed by atoms with E-state index in [1.807, 2.05) is 18.2 Å². The molecule has 1 N–H and O–H groups in total. The standard InChI is InChI=1S/C25H29N3O5/c1-31-22-9-8-18(16-23(22)32-2)28-24(29)20-7-4-3-6-19(20)21(25(28)30)17-26-10-5-11-27-12-14-33-15-13-27/h3-4,6-9,16-17,30H,5,10-15H2,1-2H3. The Hall–Kier alpha value is -3.36. The third-order valence-electron chi connectivity index (χ3n) is 5.81. The zero-order valence-corrected chi connectivity index (χ0v) is 19.0. The largest absolute Gasteiger partial charge is 0.494 e. The van der Waals surface area contributed by atoms with E-state index in [9.17, 15) is 9.90 Å². The Morgan fingerprint density at radius 3 is 2.52 bits per heavy atom. The lowest BCUT2D eigenvalue weighted by Gasteiger charge is -2.26. The van der Waals surface area contributed by atoms with E-state index in [1.165, 1.54) is 11.7 Å². The fourth-order valence-corrected chi connectivity index (χ4v) is 4.06. The Morgan fingerprint density at radius 1 is 1.06 bits per heavy atom. The van der Waals surface area contributed by atoms with Crippen molar-refractivity contribution in [3.8, 4) is 23.1 Å². The second kappa shape index (κ2) is 10.5. The summed E-state index contributed by atoms with van der Waals surface area (Å²) in [5.41, 5.74) is 0.661. The highest BCUT2D eigenvalue weighted by molar-refractivity contribution is 6.01. The summed E-state index contributed by atoms with van der Waals surface area (Å²) in [6.45, 7) is 5.04. The van der Waals surface area contributed by atoms with Crippen LogP contribution in [-0.4, -0.2) is 74.4 Å². The number of aliphatic imine (C=N–C) groups is 1. The number of aromatic hydroxyl groups is 1. The number of methoxy groups -OCH3 is 2. The van der Waals surface area contributed by atoms with Gasteiger partial charge < -0.3 is 19.3 Å². The molecular weight excluding hydrogens is 422 g/mol. The molecule has 33 heavy (non-hydrogen) atoms. The molecule has 2 heterocycles. The highest BCUT2D eigenvalue weighted by atomic mass is 16.5. The van der Waals surface area contributed by atoms with E-state index in [0.717, 1.165) is 39.3 Å². The van der Waals surface area contributed by atoms with E-state index in [0.29, 0.717) is 40.1 Å². The zero-order valence-electron chi connectivity index (χ0n) is 19.0. The molecule has 0 bridgehead atoms. The van der Waals surface area contributed by atoms with Crippen molar-refractivity contribution in [3.63, 3.8) is 0 Å². The van der Waals surface area contributed by atoms with Crippen LogP contribution >= 0.6 is 0 Å². The predicted octanol–water partition coefficient (Wildman–Crippen LogP) is 2.85. The lowest BCUT2D eigenvalue weighted by molar-refractivity contribution is 0.0377. The average molecular weight is 452 g/mol. The van der Waals surface area contributed by atoms with Crippen LogP contribution < -0.4 is 15.0 Å². The molecule has 1 aliphatic rings. The maximum absolute atomic E-state index is 13.3. The summed E-state index contributed by atoms with van der Waals surface area (Å²) in [7, 11) is 3.07. The number of nitrogens with zero attached hydrogens (tertiary/aromatic N) is 3. The van der Waals surface area contributed by atoms with Gasteiger partial charge in [-0.05, 0) is 24.6 Å². The molecule has 0 unspecified atom stereocenters. The predicted molar refractivity (Wildman–Crippen MR) is 129 cm³/mol. The summed E-state index contributed by atoms with van der Waals surface area (Å²) in [4.78, 5) is 20.2. The number of hydrogen-bond acceptors (Lipinski definition) is 7. The van der Waals surface area contributed by atoms with Crippen molar-refractivity contribution >= 4 is 17.0 Å². The quantitative estimate of drug-likeness (QED) is 0.419. The molecule has 1 aromatic heterocycles. The van der Waals surface area contributed by atoms with E-state index >= 15 is 0 Å². The normalized spacial score (nSPS) is 14.7. The van der Waals surface area contributed by atoms with Gasteiger partial charge in [-0.3, -0.25) is 14.7 Å². The third kappa shape index (κ3) is 4.86. The number of rotatable bonds is 8. The van der Waals surface area contributed by atoms with Crippen molar-refractivity contribution in [2.24, 2.45) is 4.99 Å². The molecule has 0 amide bonds. The van der Waals surface area contributed by atoms with Crippen molar-refractivity contribution in [2.45, 2.75) is 6.42 Å². The van der Waals surface area contributed by atoms with E-state index < -0.39 is 0 Å². The van der Waals surface area contributed by atoms with Crippen LogP contribution in [-0.2, 0) is 4.74 Å². The molecule has 2 aromatic carbocycles. The Bertz CT molecular complexity index is 1200. The van der Waals surface area contributed by atoms with Crippen LogP contribution in [0.2, 0.25) is 0 Å². The molecular formula is C25H29N3O5. The van der Waals surface area contributed by atoms with E-state index in [4.69, 9.17) is 14.2 Å². The van der Waals surface area contributed by atoms with Crippen molar-refractivity contribution in [2.75, 3.05) is 53.6 Å². The average Bonchev–Trinajstić information content (AvgIpc) is 2.86. The van der Waals surface area contributed by atoms with Gasteiger partial charge >= 0.3 is 0 Å². The highest BCUT2D eigenvalue weighted by Gasteiger charge is 2.17. The molecule has 0 spiro atoms. The molecule has 1 saturated heterocycles. The van der Waals surface area contributed by atoms with Gasteiger partial charge in [0, 0.05) is 49.2 Å². The van der Waals surface area contributed by atoms with Crippen molar-refractivity contribution in [3.05, 3.63) is 58.4 Å². The first kappa shape index (κ1) is 22.8. The summed E-state index contributed by atoms with van der Waals surface area (Å²) < 4.78 is 17.3. The van der Waals surface area contributed by atoms with Gasteiger partial charge in [0.05, 0.1) is 38.7 Å². The van der Waals surface area contributed by atoms with E-state index in [1.54, 1.807) is 37.6 Å². The van der Waals surface area contributed by atoms with Gasteiger partial charge in [0.15, 0.2) is 11.5 Å². The Balaban J connectivity index is 1.67. The molecule has 1 aliphatic heterocycles. The first-order valence-electron chi connectivity index (χ1n) is 11.0. The van der Waals surface area contributed by atoms with Gasteiger partial charge in [0.25, 0.3) is 5.56 Å². The summed E-state index contributed by atoms with van der Waals surface area (Å²) in [6, 6.07) is 12.3. The number of hydrogen-bond donors (Lipinski definition) is 1. The van der Waals surface area contributed by atoms with Gasteiger partial charge in [-0.1, -0.05) is 18.2 Å². The minimum Gasteiger partial charge on any atom is -0.494 e. The number of ether oxygens (including phenoxy) is 3. The van der Waals surface area contributed by atoms with E-state index in [-0.39, 0.29) is 11.4 Å². The Morgan fingerprint density at radius 2 is 1.79 bits per heavy atom. The fourth-order valence-electron chi connectivity index (χ4n) is 4.06. The van der Waals surface area contributed by atoms with Crippen molar-refractivity contribution < 1.29 is 19.3 Å². The highest BCUT2D eigenvalue weighted by Crippen LogP contribution is 2.32. The van der Waals surface area contributed by atoms with Gasteiger partial charge in [0.1, 0.15) is 0 Å². The number of morpholine rings is 1. The maximum Gasteiger partial charge on any atom is 0.265 e. The molecule has 0 saturated carbocycles. The van der Waals surface area contributed by atoms with Gasteiger partial charge in [0.2, 0.25) is 5.88 Å². The van der Waals surface area contributed by atoms with Crippen molar-refractivity contribution in [1.82, 2.24) is 9.47 Å². The topological polar surface area (TPSA) is 85.5 Å². The summed E-state index contributed by atoms with van der Waals surface area (Å²) in [6.07, 6.45) is 2.57. The fraction of sp³-hybridized carbons (Fsp3) is 0.360. The molecule has 1 fully saturated rings. The lowest BCUT2D eigenvalue weighted by Crippen LogP contribution is -2.37. The first-order chi connectivity index (χ1) is 16.1. The van der Waals surface area contributed by atoms with Gasteiger partial charge in [-0.15, -0.1) is 0 Å². The van der Waals surface area contributed by atoms with Gasteiger partial charge in [-0.2, -0.15) is 0 Å². The molecule has 0 radical (unpaired) electrons. The molecule has 3 aromatic rings. The second-order valence-electron chi connectivity index (χ2n) is 7.81. The maximum atomic E-state index is 13.3. The Kier molecular flexibility index (Phi) is 7.26. The van der Waals surface area contributed by atoms with Crippen LogP contribution in [0.15, 0.2) is 52.3 Å². The van der Waals surface area contributed by atoms with Crippen LogP contribution in [0.4, 0.5) is 0 Å². The van der Waals surface area contributed by atoms with E-state index in [2.05, 4.69) is 9.89 Å². The lowest BCUT2D eigenvalue weighted by atomic mass is 10.1. The zero-order chi connectivity index (χ0) is 23.2. The SMILES string of the molecule is COc1ccc(-n2c(O)c(C=NCCCN3CCOCC3)c3ccccc3c2=O)cc1OC. The first-order valence-corrected chi connectivity index (χ1v) is 11.0. The third-order valence-corrected chi connectivity index (χ3v) is 5.81. The van der Waals surface area contributed by atoms with Crippen molar-refractivity contribution in [1.29, 1.82) is 0 Å². The number of benzene rings is 2. The van der Waals surface area contributed by atoms with Crippen LogP contribution in [0.3, 0.4) is 0 Å². The molecule has 174 valence electrons. The van der Waals surface area contributed by atoms with Crippen LogP contribution in [0.25, 0.3) is 16.5 Å². The minimum atomic E-state index is -0.320. The summed E-state index contributed by atoms with van der Waals surface area (Å²) in [5, 5.41) is 12.3. The minimum absolute atomic E-state index is 0.164.